The zero-order valence-electron chi connectivity index (χ0n) is 38.5. The lowest BCUT2D eigenvalue weighted by Crippen LogP contribution is -2.60. The first-order chi connectivity index (χ1) is 30.8. The number of carbonyl (C=O) groups is 1. The van der Waals surface area contributed by atoms with Gasteiger partial charge in [-0.25, -0.2) is 0 Å². The maximum atomic E-state index is 12.8. The van der Waals surface area contributed by atoms with Crippen LogP contribution in [-0.4, -0.2) is 87.5 Å². The molecule has 1 aliphatic rings. The summed E-state index contributed by atoms with van der Waals surface area (Å²) in [5, 5.41) is 53.3. The van der Waals surface area contributed by atoms with Crippen molar-refractivity contribution in [1.29, 1.82) is 0 Å². The van der Waals surface area contributed by atoms with Crippen molar-refractivity contribution in [2.75, 3.05) is 13.2 Å². The van der Waals surface area contributed by atoms with Crippen LogP contribution in [0.1, 0.15) is 129 Å². The first-order valence-electron chi connectivity index (χ1n) is 23.6. The minimum Gasteiger partial charge on any atom is -0.394 e. The highest BCUT2D eigenvalue weighted by Gasteiger charge is 2.44. The largest absolute Gasteiger partial charge is 0.394 e. The van der Waals surface area contributed by atoms with Gasteiger partial charge in [0.15, 0.2) is 6.29 Å². The molecule has 1 fully saturated rings. The van der Waals surface area contributed by atoms with Crippen molar-refractivity contribution in [3.63, 3.8) is 0 Å². The quantitative estimate of drug-likeness (QED) is 0.0269. The highest BCUT2D eigenvalue weighted by molar-refractivity contribution is 5.76. The van der Waals surface area contributed by atoms with E-state index in [4.69, 9.17) is 9.47 Å². The maximum absolute atomic E-state index is 12.8. The Hall–Kier alpha value is -3.93. The molecule has 63 heavy (non-hydrogen) atoms. The number of allylic oxidation sites excluding steroid dienone is 23. The summed E-state index contributed by atoms with van der Waals surface area (Å²) in [5.41, 5.74) is 0. The second-order valence-corrected chi connectivity index (χ2v) is 15.5. The van der Waals surface area contributed by atoms with Gasteiger partial charge >= 0.3 is 0 Å². The Labute approximate surface area is 381 Å². The van der Waals surface area contributed by atoms with Crippen molar-refractivity contribution in [1.82, 2.24) is 5.32 Å². The summed E-state index contributed by atoms with van der Waals surface area (Å²) in [5.74, 6) is -0.230. The minimum atomic E-state index is -1.58. The average molecular weight is 874 g/mol. The summed E-state index contributed by atoms with van der Waals surface area (Å²) >= 11 is 0. The molecule has 1 rings (SSSR count). The van der Waals surface area contributed by atoms with Crippen molar-refractivity contribution in [2.45, 2.75) is 172 Å². The molecule has 0 aromatic rings. The van der Waals surface area contributed by atoms with E-state index in [1.807, 2.05) is 13.0 Å². The molecule has 0 bridgehead atoms. The van der Waals surface area contributed by atoms with Crippen LogP contribution >= 0.6 is 0 Å². The highest BCUT2D eigenvalue weighted by Crippen LogP contribution is 2.22. The Bertz CT molecular complexity index is 1480. The molecular weight excluding hydrogens is 791 g/mol. The van der Waals surface area contributed by atoms with Gasteiger partial charge in [-0.1, -0.05) is 173 Å². The van der Waals surface area contributed by atoms with Gasteiger partial charge in [-0.2, -0.15) is 0 Å². The third kappa shape index (κ3) is 32.4. The molecule has 0 aliphatic carbocycles. The molecule has 0 aromatic carbocycles. The molecule has 0 spiro atoms. The Morgan fingerprint density at radius 2 is 0.984 bits per heavy atom. The predicted molar refractivity (Wildman–Crippen MR) is 262 cm³/mol. The fourth-order valence-corrected chi connectivity index (χ4v) is 6.16. The Morgan fingerprint density at radius 3 is 1.40 bits per heavy atom. The fraction of sp³-hybridized carbons (Fsp3) is 0.537. The lowest BCUT2D eigenvalue weighted by molar-refractivity contribution is -0.302. The van der Waals surface area contributed by atoms with E-state index >= 15 is 0 Å². The number of ether oxygens (including phenoxy) is 2. The molecule has 0 radical (unpaired) electrons. The third-order valence-corrected chi connectivity index (χ3v) is 9.90. The molecule has 1 amide bonds. The van der Waals surface area contributed by atoms with Crippen molar-refractivity contribution in [2.24, 2.45) is 0 Å². The normalized spacial score (nSPS) is 21.5. The van der Waals surface area contributed by atoms with Crippen molar-refractivity contribution >= 4 is 5.91 Å². The second kappa shape index (κ2) is 42.0. The molecule has 1 aliphatic heterocycles. The van der Waals surface area contributed by atoms with Gasteiger partial charge in [0.2, 0.25) is 5.91 Å². The number of rotatable bonds is 36. The van der Waals surface area contributed by atoms with E-state index < -0.39 is 49.5 Å². The summed E-state index contributed by atoms with van der Waals surface area (Å²) < 4.78 is 11.0. The van der Waals surface area contributed by atoms with Gasteiger partial charge in [-0.05, 0) is 96.3 Å². The molecule has 0 aromatic heterocycles. The molecule has 1 saturated heterocycles. The van der Waals surface area contributed by atoms with E-state index in [1.165, 1.54) is 0 Å². The number of aliphatic hydroxyl groups is 5. The van der Waals surface area contributed by atoms with Gasteiger partial charge in [0, 0.05) is 6.42 Å². The first-order valence-corrected chi connectivity index (χ1v) is 23.6. The first kappa shape index (κ1) is 57.1. The van der Waals surface area contributed by atoms with Crippen LogP contribution in [-0.2, 0) is 14.3 Å². The SMILES string of the molecule is CC/C=C\C/C=C\C/C=C\C/C=C\C/C=C\C/C=C\C/C=C\C/C=C\C/C=C\C/C=C\C/C=C\CCCCCC(=O)NC(COC1OC(CO)C(O)C(O)C1O)C(O)/C=C/CCC. The molecule has 1 heterocycles. The zero-order chi connectivity index (χ0) is 45.9. The summed E-state index contributed by atoms with van der Waals surface area (Å²) in [7, 11) is 0. The van der Waals surface area contributed by atoms with Crippen LogP contribution in [0.5, 0.6) is 0 Å². The van der Waals surface area contributed by atoms with E-state index in [0.717, 1.165) is 103 Å². The molecule has 9 heteroatoms. The van der Waals surface area contributed by atoms with Crippen LogP contribution in [0.3, 0.4) is 0 Å². The van der Waals surface area contributed by atoms with Crippen LogP contribution in [0.25, 0.3) is 0 Å². The van der Waals surface area contributed by atoms with Gasteiger partial charge < -0.3 is 40.3 Å². The molecule has 7 atom stereocenters. The smallest absolute Gasteiger partial charge is 0.220 e. The topological polar surface area (TPSA) is 149 Å². The Balaban J connectivity index is 2.12. The number of amides is 1. The summed E-state index contributed by atoms with van der Waals surface area (Å²) in [6, 6.07) is -0.829. The zero-order valence-corrected chi connectivity index (χ0v) is 38.5. The van der Waals surface area contributed by atoms with Crippen LogP contribution in [0, 0.1) is 0 Å². The Kier molecular flexibility index (Phi) is 38.1. The standard InChI is InChI=1S/C54H83NO8/c1-3-5-7-8-9-10-11-12-13-14-15-16-17-18-19-20-21-22-23-24-25-26-27-28-29-30-31-32-33-34-35-36-37-38-39-40-42-44-50(58)55-47(48(57)43-41-6-4-2)46-62-54-53(61)52(60)51(59)49(45-56)63-54/h5,7,9-10,12-13,15-16,18-19,21-22,24-25,27-28,30-31,33-34,36-37,41,43,47-49,51-54,56-57,59-61H,3-4,6,8,11,14,17,20,23,26,29,32,35,38-40,42,44-46H2,1-2H3,(H,55,58)/b7-5-,10-9-,13-12-,16-15-,19-18-,22-21-,25-24-,28-27-,31-30-,34-33-,37-36-,43-41+. The summed E-state index contributed by atoms with van der Waals surface area (Å²) in [4.78, 5) is 12.8. The number of hydrogen-bond acceptors (Lipinski definition) is 8. The molecule has 9 nitrogen and oxygen atoms in total. The molecular formula is C54H83NO8. The van der Waals surface area contributed by atoms with Gasteiger partial charge in [0.05, 0.1) is 25.4 Å². The van der Waals surface area contributed by atoms with Gasteiger partial charge in [-0.15, -0.1) is 0 Å². The van der Waals surface area contributed by atoms with Crippen LogP contribution in [0.4, 0.5) is 0 Å². The molecule has 6 N–H and O–H groups in total. The van der Waals surface area contributed by atoms with E-state index in [-0.39, 0.29) is 12.5 Å². The predicted octanol–water partition coefficient (Wildman–Crippen LogP) is 10.4. The third-order valence-electron chi connectivity index (χ3n) is 9.90. The van der Waals surface area contributed by atoms with Crippen molar-refractivity contribution in [3.8, 4) is 0 Å². The second-order valence-electron chi connectivity index (χ2n) is 15.5. The number of nitrogens with one attached hydrogen (secondary N) is 1. The van der Waals surface area contributed by atoms with Crippen molar-refractivity contribution < 1.29 is 39.8 Å². The van der Waals surface area contributed by atoms with Crippen LogP contribution in [0.2, 0.25) is 0 Å². The van der Waals surface area contributed by atoms with E-state index in [1.54, 1.807) is 6.08 Å². The van der Waals surface area contributed by atoms with Gasteiger partial charge in [0.25, 0.3) is 0 Å². The lowest BCUT2D eigenvalue weighted by atomic mass is 9.99. The minimum absolute atomic E-state index is 0.218. The maximum Gasteiger partial charge on any atom is 0.220 e. The molecule has 7 unspecified atom stereocenters. The number of unbranched alkanes of at least 4 members (excludes halogenated alkanes) is 4. The highest BCUT2D eigenvalue weighted by atomic mass is 16.7. The van der Waals surface area contributed by atoms with E-state index in [9.17, 15) is 30.3 Å². The summed E-state index contributed by atoms with van der Waals surface area (Å²) in [6.45, 7) is 3.38. The monoisotopic (exact) mass is 874 g/mol. The molecule has 352 valence electrons. The Morgan fingerprint density at radius 1 is 0.556 bits per heavy atom. The van der Waals surface area contributed by atoms with E-state index in [2.05, 4.69) is 146 Å². The van der Waals surface area contributed by atoms with Crippen LogP contribution < -0.4 is 5.32 Å². The average Bonchev–Trinajstić information content (AvgIpc) is 3.28. The van der Waals surface area contributed by atoms with Gasteiger partial charge in [0.1, 0.15) is 24.4 Å². The summed E-state index contributed by atoms with van der Waals surface area (Å²) in [6.07, 6.45) is 60.1. The lowest BCUT2D eigenvalue weighted by Gasteiger charge is -2.40. The number of carbonyl (C=O) groups excluding carboxylic acids is 1. The number of aliphatic hydroxyl groups excluding tert-OH is 5. The van der Waals surface area contributed by atoms with E-state index in [0.29, 0.717) is 12.8 Å². The van der Waals surface area contributed by atoms with Crippen LogP contribution in [0.15, 0.2) is 146 Å². The van der Waals surface area contributed by atoms with Crippen molar-refractivity contribution in [3.05, 3.63) is 146 Å². The van der Waals surface area contributed by atoms with Gasteiger partial charge in [-0.3, -0.25) is 4.79 Å². The molecule has 0 saturated carbocycles. The number of hydrogen-bond donors (Lipinski definition) is 6. The fourth-order valence-electron chi connectivity index (χ4n) is 6.16.